The van der Waals surface area contributed by atoms with Crippen LogP contribution < -0.4 is 4.74 Å². The summed E-state index contributed by atoms with van der Waals surface area (Å²) >= 11 is 0. The molecule has 10 nitrogen and oxygen atoms in total. The summed E-state index contributed by atoms with van der Waals surface area (Å²) in [5.41, 5.74) is 3.62. The summed E-state index contributed by atoms with van der Waals surface area (Å²) in [4.78, 5) is 15.8. The molecule has 11 heteroatoms. The number of carbonyl (C=O) groups is 1. The second-order valence-corrected chi connectivity index (χ2v) is 10.2. The first kappa shape index (κ1) is 25.1. The van der Waals surface area contributed by atoms with Gasteiger partial charge in [0.15, 0.2) is 5.75 Å². The highest BCUT2D eigenvalue weighted by atomic mass is 32.2. The predicted molar refractivity (Wildman–Crippen MR) is 131 cm³/mol. The molecule has 4 rings (SSSR count). The van der Waals surface area contributed by atoms with Crippen molar-refractivity contribution in [3.8, 4) is 34.7 Å². The highest BCUT2D eigenvalue weighted by Crippen LogP contribution is 2.38. The molecular formula is C25H24N4O6S. The lowest BCUT2D eigenvalue weighted by Gasteiger charge is -2.11. The average Bonchev–Trinajstić information content (AvgIpc) is 3.50. The molecule has 0 bridgehead atoms. The zero-order chi connectivity index (χ0) is 25.9. The van der Waals surface area contributed by atoms with Crippen LogP contribution in [-0.4, -0.2) is 49.7 Å². The van der Waals surface area contributed by atoms with Gasteiger partial charge < -0.3 is 14.0 Å². The van der Waals surface area contributed by atoms with E-state index in [1.165, 1.54) is 6.21 Å². The summed E-state index contributed by atoms with van der Waals surface area (Å²) in [6, 6.07) is 12.9. The number of esters is 1. The van der Waals surface area contributed by atoms with Gasteiger partial charge in [-0.05, 0) is 56.0 Å². The van der Waals surface area contributed by atoms with Gasteiger partial charge in [0.2, 0.25) is 5.82 Å². The lowest BCUT2D eigenvalue weighted by atomic mass is 9.99. The Balaban J connectivity index is 1.59. The van der Waals surface area contributed by atoms with Crippen LogP contribution in [0.4, 0.5) is 0 Å². The molecule has 0 amide bonds. The number of nitrogens with zero attached hydrogens (tertiary/aromatic N) is 4. The molecule has 1 atom stereocenters. The van der Waals surface area contributed by atoms with Gasteiger partial charge in [-0.2, -0.15) is 14.6 Å². The number of benzene rings is 2. The summed E-state index contributed by atoms with van der Waals surface area (Å²) in [6.07, 6.45) is 2.61. The number of rotatable bonds is 8. The van der Waals surface area contributed by atoms with Gasteiger partial charge in [-0.25, -0.2) is 8.42 Å². The van der Waals surface area contributed by atoms with Crippen LogP contribution in [0, 0.1) is 11.3 Å². The zero-order valence-corrected chi connectivity index (χ0v) is 20.8. The van der Waals surface area contributed by atoms with Gasteiger partial charge in [-0.3, -0.25) is 4.79 Å². The second-order valence-electron chi connectivity index (χ2n) is 8.49. The number of hydrogen-bond donors (Lipinski definition) is 0. The fourth-order valence-corrected chi connectivity index (χ4v) is 4.84. The topological polar surface area (TPSA) is 145 Å². The van der Waals surface area contributed by atoms with Crippen LogP contribution in [0.2, 0.25) is 0 Å². The van der Waals surface area contributed by atoms with E-state index in [1.807, 2.05) is 32.0 Å². The van der Waals surface area contributed by atoms with E-state index in [4.69, 9.17) is 9.26 Å². The van der Waals surface area contributed by atoms with Gasteiger partial charge in [-0.1, -0.05) is 23.4 Å². The zero-order valence-electron chi connectivity index (χ0n) is 20.0. The Morgan fingerprint density at radius 2 is 2.14 bits per heavy atom. The molecule has 0 N–H and O–H groups in total. The van der Waals surface area contributed by atoms with Crippen LogP contribution in [0.25, 0.3) is 22.8 Å². The molecule has 3 aromatic rings. The molecule has 0 radical (unpaired) electrons. The maximum absolute atomic E-state index is 12.1. The van der Waals surface area contributed by atoms with Crippen molar-refractivity contribution in [1.29, 1.82) is 5.26 Å². The summed E-state index contributed by atoms with van der Waals surface area (Å²) in [7, 11) is -2.84. The largest absolute Gasteiger partial charge is 0.490 e. The number of ether oxygens (including phenoxy) is 2. The maximum atomic E-state index is 12.1. The SMILES string of the molecule is COC(=O)CS(=O)(=O)N=CC1CCc2c(-c3noc(-c4ccc(OC(C)C)c(C#N)c4)n3)cccc21. The number of carbonyl (C=O) groups excluding carboxylic acids is 1. The van der Waals surface area contributed by atoms with Crippen molar-refractivity contribution >= 4 is 22.2 Å². The van der Waals surface area contributed by atoms with E-state index in [0.717, 1.165) is 23.8 Å². The molecule has 1 aromatic heterocycles. The lowest BCUT2D eigenvalue weighted by Crippen LogP contribution is -2.15. The maximum Gasteiger partial charge on any atom is 0.322 e. The molecular weight excluding hydrogens is 484 g/mol. The van der Waals surface area contributed by atoms with Gasteiger partial charge in [0.05, 0.1) is 18.8 Å². The van der Waals surface area contributed by atoms with Gasteiger partial charge in [-0.15, -0.1) is 0 Å². The van der Waals surface area contributed by atoms with Crippen LogP contribution in [0.3, 0.4) is 0 Å². The highest BCUT2D eigenvalue weighted by Gasteiger charge is 2.26. The van der Waals surface area contributed by atoms with Crippen molar-refractivity contribution in [1.82, 2.24) is 10.1 Å². The third-order valence-electron chi connectivity index (χ3n) is 5.62. The fourth-order valence-electron chi connectivity index (χ4n) is 4.02. The molecule has 1 unspecified atom stereocenters. The van der Waals surface area contributed by atoms with Gasteiger partial charge in [0, 0.05) is 23.3 Å². The van der Waals surface area contributed by atoms with E-state index < -0.39 is 21.7 Å². The number of aromatic nitrogens is 2. The quantitative estimate of drug-likeness (QED) is 0.329. The Hall–Kier alpha value is -4.04. The molecule has 0 saturated heterocycles. The Morgan fingerprint density at radius 3 is 2.86 bits per heavy atom. The Bertz CT molecular complexity index is 1470. The fraction of sp³-hybridized carbons (Fsp3) is 0.320. The number of fused-ring (bicyclic) bond motifs is 1. The molecule has 2 aromatic carbocycles. The van der Waals surface area contributed by atoms with Crippen LogP contribution in [-0.2, 0) is 26.0 Å². The van der Waals surface area contributed by atoms with E-state index in [2.05, 4.69) is 25.3 Å². The van der Waals surface area contributed by atoms with Crippen LogP contribution in [0.5, 0.6) is 5.75 Å². The first-order chi connectivity index (χ1) is 17.2. The van der Waals surface area contributed by atoms with Crippen molar-refractivity contribution in [2.24, 2.45) is 4.40 Å². The minimum absolute atomic E-state index is 0.0695. The highest BCUT2D eigenvalue weighted by molar-refractivity contribution is 7.90. The first-order valence-corrected chi connectivity index (χ1v) is 12.8. The van der Waals surface area contributed by atoms with Crippen molar-refractivity contribution in [2.45, 2.75) is 38.7 Å². The number of sulfonamides is 1. The molecule has 1 aliphatic rings. The molecule has 0 aliphatic heterocycles. The van der Waals surface area contributed by atoms with Crippen LogP contribution in [0.15, 0.2) is 45.3 Å². The smallest absolute Gasteiger partial charge is 0.322 e. The third-order valence-corrected chi connectivity index (χ3v) is 6.67. The summed E-state index contributed by atoms with van der Waals surface area (Å²) in [5, 5.41) is 13.6. The normalized spacial score (nSPS) is 15.1. The molecule has 0 saturated carbocycles. The second kappa shape index (κ2) is 10.3. The van der Waals surface area contributed by atoms with Crippen molar-refractivity contribution < 1.29 is 27.2 Å². The molecule has 0 spiro atoms. The van der Waals surface area contributed by atoms with Gasteiger partial charge >= 0.3 is 5.97 Å². The van der Waals surface area contributed by atoms with Crippen molar-refractivity contribution in [2.75, 3.05) is 12.9 Å². The summed E-state index contributed by atoms with van der Waals surface area (Å²) in [6.45, 7) is 3.77. The van der Waals surface area contributed by atoms with E-state index in [1.54, 1.807) is 18.2 Å². The lowest BCUT2D eigenvalue weighted by molar-refractivity contribution is -0.137. The Kier molecular flexibility index (Phi) is 7.17. The molecule has 0 fully saturated rings. The summed E-state index contributed by atoms with van der Waals surface area (Å²) in [5.74, 6) is -0.760. The minimum atomic E-state index is -3.96. The standard InChI is InChI=1S/C25H24N4O6S/c1-15(2)34-22-10-8-16(11-18(22)12-26)25-28-24(29-35-25)21-6-4-5-19-17(7-9-20(19)21)13-27-36(31,32)14-23(30)33-3/h4-6,8,10-11,13,15,17H,7,9,14H2,1-3H3. The third kappa shape index (κ3) is 5.44. The van der Waals surface area contributed by atoms with E-state index in [-0.39, 0.29) is 17.9 Å². The van der Waals surface area contributed by atoms with Crippen molar-refractivity contribution in [3.63, 3.8) is 0 Å². The minimum Gasteiger partial charge on any atom is -0.490 e. The van der Waals surface area contributed by atoms with E-state index >= 15 is 0 Å². The number of hydrogen-bond acceptors (Lipinski definition) is 9. The summed E-state index contributed by atoms with van der Waals surface area (Å²) < 4.78 is 43.3. The number of nitriles is 1. The molecule has 36 heavy (non-hydrogen) atoms. The van der Waals surface area contributed by atoms with Gasteiger partial charge in [0.25, 0.3) is 15.9 Å². The molecule has 1 heterocycles. The van der Waals surface area contributed by atoms with E-state index in [9.17, 15) is 18.5 Å². The van der Waals surface area contributed by atoms with E-state index in [0.29, 0.717) is 35.5 Å². The van der Waals surface area contributed by atoms with Crippen LogP contribution >= 0.6 is 0 Å². The molecule has 1 aliphatic carbocycles. The Morgan fingerprint density at radius 1 is 1.33 bits per heavy atom. The predicted octanol–water partition coefficient (Wildman–Crippen LogP) is 3.67. The first-order valence-electron chi connectivity index (χ1n) is 11.2. The Labute approximate surface area is 208 Å². The molecule has 186 valence electrons. The van der Waals surface area contributed by atoms with Gasteiger partial charge in [0.1, 0.15) is 11.8 Å². The van der Waals surface area contributed by atoms with Crippen molar-refractivity contribution in [3.05, 3.63) is 53.1 Å². The monoisotopic (exact) mass is 508 g/mol. The van der Waals surface area contributed by atoms with Crippen LogP contribution in [0.1, 0.15) is 42.9 Å². The average molecular weight is 509 g/mol. The number of methoxy groups -OCH3 is 1.